The van der Waals surface area contributed by atoms with Crippen LogP contribution in [0.5, 0.6) is 0 Å². The molecule has 0 radical (unpaired) electrons. The molecule has 25 heavy (non-hydrogen) atoms. The number of amides is 1. The third-order valence-electron chi connectivity index (χ3n) is 4.54. The van der Waals surface area contributed by atoms with Crippen molar-refractivity contribution in [3.8, 4) is 0 Å². The highest BCUT2D eigenvalue weighted by Gasteiger charge is 2.36. The van der Waals surface area contributed by atoms with Gasteiger partial charge in [0.15, 0.2) is 0 Å². The van der Waals surface area contributed by atoms with E-state index in [4.69, 9.17) is 0 Å². The molecule has 0 bridgehead atoms. The van der Waals surface area contributed by atoms with Crippen LogP contribution in [-0.4, -0.2) is 63.1 Å². The average molecular weight is 341 g/mol. The summed E-state index contributed by atoms with van der Waals surface area (Å²) in [7, 11) is 1.72. The van der Waals surface area contributed by atoms with Gasteiger partial charge in [0.2, 0.25) is 0 Å². The lowest BCUT2D eigenvalue weighted by Gasteiger charge is -2.41. The van der Waals surface area contributed by atoms with Crippen molar-refractivity contribution in [1.82, 2.24) is 19.9 Å². The molecule has 1 atom stereocenters. The first-order valence-corrected chi connectivity index (χ1v) is 8.39. The Hall–Kier alpha value is -2.54. The van der Waals surface area contributed by atoms with Gasteiger partial charge >= 0.3 is 0 Å². The van der Waals surface area contributed by atoms with E-state index in [1.807, 2.05) is 11.8 Å². The molecule has 1 amide bonds. The minimum atomic E-state index is -0.976. The number of hydrogen-bond acceptors (Lipinski definition) is 6. The molecule has 3 heterocycles. The van der Waals surface area contributed by atoms with Crippen molar-refractivity contribution in [3.63, 3.8) is 0 Å². The highest BCUT2D eigenvalue weighted by atomic mass is 16.3. The van der Waals surface area contributed by atoms with Gasteiger partial charge in [0.1, 0.15) is 5.82 Å². The number of nitrogens with zero attached hydrogens (tertiary/aromatic N) is 5. The molecule has 132 valence electrons. The van der Waals surface area contributed by atoms with Crippen molar-refractivity contribution < 1.29 is 9.90 Å². The van der Waals surface area contributed by atoms with Crippen molar-refractivity contribution in [2.24, 2.45) is 0 Å². The zero-order valence-corrected chi connectivity index (χ0v) is 14.6. The van der Waals surface area contributed by atoms with Crippen LogP contribution in [0, 0.1) is 6.92 Å². The van der Waals surface area contributed by atoms with Crippen molar-refractivity contribution in [2.45, 2.75) is 25.4 Å². The van der Waals surface area contributed by atoms with Crippen LogP contribution in [0.25, 0.3) is 0 Å². The summed E-state index contributed by atoms with van der Waals surface area (Å²) in [6, 6.07) is 3.51. The second-order valence-electron chi connectivity index (χ2n) is 6.61. The molecule has 7 nitrogen and oxygen atoms in total. The summed E-state index contributed by atoms with van der Waals surface area (Å²) in [5.74, 6) is 0.619. The smallest absolute Gasteiger partial charge is 0.255 e. The molecule has 1 unspecified atom stereocenters. The van der Waals surface area contributed by atoms with E-state index in [2.05, 4.69) is 15.0 Å². The number of likely N-dealkylation sites (N-methyl/N-ethyl adjacent to an activating group) is 1. The Morgan fingerprint density at radius 1 is 1.36 bits per heavy atom. The number of hydrogen-bond donors (Lipinski definition) is 1. The molecule has 0 saturated carbocycles. The Labute approximate surface area is 147 Å². The molecular weight excluding hydrogens is 318 g/mol. The highest BCUT2D eigenvalue weighted by Crippen LogP contribution is 2.25. The van der Waals surface area contributed by atoms with E-state index in [9.17, 15) is 9.90 Å². The molecule has 1 aliphatic rings. The summed E-state index contributed by atoms with van der Waals surface area (Å²) in [5.41, 5.74) is 0.280. The Morgan fingerprint density at radius 2 is 2.20 bits per heavy atom. The fraction of sp³-hybridized carbons (Fsp3) is 0.444. The Morgan fingerprint density at radius 3 is 2.92 bits per heavy atom. The molecule has 1 N–H and O–H groups in total. The molecule has 3 rings (SSSR count). The number of aryl methyl sites for hydroxylation is 1. The van der Waals surface area contributed by atoms with Gasteiger partial charge in [-0.25, -0.2) is 4.98 Å². The molecule has 7 heteroatoms. The molecule has 0 aliphatic carbocycles. The lowest BCUT2D eigenvalue weighted by atomic mass is 9.92. The fourth-order valence-corrected chi connectivity index (χ4v) is 3.32. The molecule has 1 fully saturated rings. The quantitative estimate of drug-likeness (QED) is 0.902. The van der Waals surface area contributed by atoms with E-state index in [-0.39, 0.29) is 12.5 Å². The summed E-state index contributed by atoms with van der Waals surface area (Å²) in [6.07, 6.45) is 8.11. The third-order valence-corrected chi connectivity index (χ3v) is 4.54. The Kier molecular flexibility index (Phi) is 4.94. The van der Waals surface area contributed by atoms with E-state index in [0.29, 0.717) is 24.2 Å². The first kappa shape index (κ1) is 17.3. The van der Waals surface area contributed by atoms with Crippen LogP contribution in [-0.2, 0) is 0 Å². The van der Waals surface area contributed by atoms with Gasteiger partial charge in [0, 0.05) is 44.4 Å². The second kappa shape index (κ2) is 7.14. The molecule has 1 saturated heterocycles. The highest BCUT2D eigenvalue weighted by molar-refractivity contribution is 5.95. The predicted octanol–water partition coefficient (Wildman–Crippen LogP) is 1.28. The number of pyridine rings is 1. The van der Waals surface area contributed by atoms with Crippen LogP contribution >= 0.6 is 0 Å². The number of β-amino-alcohol motifs (C(OH)–C–C–N with tert-alkyl or cyclic N) is 1. The van der Waals surface area contributed by atoms with Gasteiger partial charge in [0.25, 0.3) is 5.91 Å². The third kappa shape index (κ3) is 3.93. The first-order chi connectivity index (χ1) is 12.0. The Balaban J connectivity index is 1.70. The van der Waals surface area contributed by atoms with E-state index in [1.54, 1.807) is 48.9 Å². The lowest BCUT2D eigenvalue weighted by Crippen LogP contribution is -2.55. The molecule has 0 spiro atoms. The monoisotopic (exact) mass is 341 g/mol. The molecule has 0 aromatic carbocycles. The zero-order valence-electron chi connectivity index (χ0n) is 14.6. The maximum absolute atomic E-state index is 12.7. The standard InChI is InChI=1S/C18H23N5O2/c1-14-15(5-3-7-20-14)17(24)22(2)12-18(25)6-4-10-23(13-18)16-11-19-8-9-21-16/h3,5,7-9,11,25H,4,6,10,12-13H2,1-2H3. The largest absolute Gasteiger partial charge is 0.386 e. The van der Waals surface area contributed by atoms with Gasteiger partial charge < -0.3 is 14.9 Å². The SMILES string of the molecule is Cc1ncccc1C(=O)N(C)CC1(O)CCCN(c2cnccn2)C1. The number of piperidine rings is 1. The maximum atomic E-state index is 12.7. The van der Waals surface area contributed by atoms with E-state index >= 15 is 0 Å². The zero-order chi connectivity index (χ0) is 17.9. The second-order valence-corrected chi connectivity index (χ2v) is 6.61. The lowest BCUT2D eigenvalue weighted by molar-refractivity contribution is -0.000181. The van der Waals surface area contributed by atoms with E-state index in [0.717, 1.165) is 18.8 Å². The number of carbonyl (C=O) groups excluding carboxylic acids is 1. The first-order valence-electron chi connectivity index (χ1n) is 8.39. The van der Waals surface area contributed by atoms with E-state index in [1.165, 1.54) is 0 Å². The van der Waals surface area contributed by atoms with Crippen molar-refractivity contribution in [3.05, 3.63) is 48.2 Å². The molecule has 2 aromatic rings. The maximum Gasteiger partial charge on any atom is 0.255 e. The van der Waals surface area contributed by atoms with Crippen LogP contribution in [0.2, 0.25) is 0 Å². The minimum absolute atomic E-state index is 0.129. The van der Waals surface area contributed by atoms with Crippen molar-refractivity contribution in [2.75, 3.05) is 31.6 Å². The number of carbonyl (C=O) groups is 1. The van der Waals surface area contributed by atoms with Crippen LogP contribution < -0.4 is 4.90 Å². The summed E-state index contributed by atoms with van der Waals surface area (Å²) < 4.78 is 0. The van der Waals surface area contributed by atoms with Crippen LogP contribution in [0.4, 0.5) is 5.82 Å². The number of anilines is 1. The number of aliphatic hydroxyl groups is 1. The minimum Gasteiger partial charge on any atom is -0.386 e. The van der Waals surface area contributed by atoms with Gasteiger partial charge in [0.05, 0.1) is 23.9 Å². The van der Waals surface area contributed by atoms with Crippen LogP contribution in [0.1, 0.15) is 28.9 Å². The van der Waals surface area contributed by atoms with Crippen molar-refractivity contribution in [1.29, 1.82) is 0 Å². The number of aromatic nitrogens is 3. The summed E-state index contributed by atoms with van der Waals surface area (Å²) in [6.45, 7) is 3.32. The van der Waals surface area contributed by atoms with Crippen LogP contribution in [0.15, 0.2) is 36.9 Å². The van der Waals surface area contributed by atoms with Gasteiger partial charge in [-0.3, -0.25) is 14.8 Å². The Bertz CT molecular complexity index is 739. The number of rotatable bonds is 4. The summed E-state index contributed by atoms with van der Waals surface area (Å²) in [4.78, 5) is 28.8. The normalized spacial score (nSPS) is 20.4. The fourth-order valence-electron chi connectivity index (χ4n) is 3.32. The predicted molar refractivity (Wildman–Crippen MR) is 94.4 cm³/mol. The summed E-state index contributed by atoms with van der Waals surface area (Å²) in [5, 5.41) is 11.0. The topological polar surface area (TPSA) is 82.5 Å². The van der Waals surface area contributed by atoms with Gasteiger partial charge in [-0.05, 0) is 31.9 Å². The van der Waals surface area contributed by atoms with Gasteiger partial charge in [-0.15, -0.1) is 0 Å². The van der Waals surface area contributed by atoms with Gasteiger partial charge in [-0.1, -0.05) is 0 Å². The average Bonchev–Trinajstić information content (AvgIpc) is 2.62. The van der Waals surface area contributed by atoms with Crippen LogP contribution in [0.3, 0.4) is 0 Å². The summed E-state index contributed by atoms with van der Waals surface area (Å²) >= 11 is 0. The van der Waals surface area contributed by atoms with Gasteiger partial charge in [-0.2, -0.15) is 0 Å². The molecular formula is C18H23N5O2. The molecule has 1 aliphatic heterocycles. The molecule has 2 aromatic heterocycles. The van der Waals surface area contributed by atoms with Crippen molar-refractivity contribution >= 4 is 11.7 Å². The van der Waals surface area contributed by atoms with E-state index < -0.39 is 5.60 Å².